The molecular formula is C18H17ClF3NO6S2. The van der Waals surface area contributed by atoms with Crippen LogP contribution in [0.25, 0.3) is 0 Å². The highest BCUT2D eigenvalue weighted by molar-refractivity contribution is 7.90. The van der Waals surface area contributed by atoms with E-state index in [0.29, 0.717) is 6.07 Å². The molecule has 0 aliphatic heterocycles. The van der Waals surface area contributed by atoms with Crippen LogP contribution in [0.3, 0.4) is 0 Å². The van der Waals surface area contributed by atoms with Crippen molar-refractivity contribution < 1.29 is 39.5 Å². The van der Waals surface area contributed by atoms with Crippen molar-refractivity contribution in [1.82, 2.24) is 4.72 Å². The predicted molar refractivity (Wildman–Crippen MR) is 107 cm³/mol. The first-order valence-electron chi connectivity index (χ1n) is 8.44. The number of rotatable bonds is 7. The number of sulfone groups is 1. The molecule has 0 saturated carbocycles. The van der Waals surface area contributed by atoms with Crippen LogP contribution in [0.2, 0.25) is 5.02 Å². The number of carbonyl (C=O) groups is 1. The number of nitrogens with one attached hydrogen (secondary N) is 1. The van der Waals surface area contributed by atoms with E-state index in [9.17, 15) is 34.8 Å². The third-order valence-corrected chi connectivity index (χ3v) is 5.87. The van der Waals surface area contributed by atoms with Crippen molar-refractivity contribution in [2.45, 2.75) is 23.9 Å². The van der Waals surface area contributed by atoms with E-state index in [1.165, 1.54) is 12.1 Å². The number of hydrogen-bond acceptors (Lipinski definition) is 6. The molecule has 0 aliphatic carbocycles. The molecule has 13 heteroatoms. The van der Waals surface area contributed by atoms with Crippen LogP contribution < -0.4 is 9.46 Å². The van der Waals surface area contributed by atoms with Gasteiger partial charge in [0.2, 0.25) is 15.9 Å². The highest BCUT2D eigenvalue weighted by atomic mass is 35.5. The smallest absolute Gasteiger partial charge is 0.416 e. The summed E-state index contributed by atoms with van der Waals surface area (Å²) in [6.45, 7) is 0. The van der Waals surface area contributed by atoms with Gasteiger partial charge < -0.3 is 4.74 Å². The minimum Gasteiger partial charge on any atom is -0.456 e. The monoisotopic (exact) mass is 499 g/mol. The fourth-order valence-electron chi connectivity index (χ4n) is 2.45. The number of aryl methyl sites for hydroxylation is 1. The van der Waals surface area contributed by atoms with Gasteiger partial charge in [0.1, 0.15) is 11.5 Å². The molecule has 31 heavy (non-hydrogen) atoms. The summed E-state index contributed by atoms with van der Waals surface area (Å²) in [6.07, 6.45) is -3.39. The van der Waals surface area contributed by atoms with Crippen molar-refractivity contribution in [2.24, 2.45) is 0 Å². The lowest BCUT2D eigenvalue weighted by Gasteiger charge is -2.15. The summed E-state index contributed by atoms with van der Waals surface area (Å²) in [5, 5.41) is -0.152. The van der Waals surface area contributed by atoms with Gasteiger partial charge in [-0.15, -0.1) is 0 Å². The number of sulfonamides is 1. The Hall–Kier alpha value is -2.31. The first-order chi connectivity index (χ1) is 14.1. The maximum Gasteiger partial charge on any atom is 0.416 e. The Labute approximate surface area is 182 Å². The average molecular weight is 500 g/mol. The summed E-state index contributed by atoms with van der Waals surface area (Å²) in [4.78, 5) is 11.6. The Bertz CT molecular complexity index is 1210. The molecule has 0 bridgehead atoms. The van der Waals surface area contributed by atoms with Gasteiger partial charge in [-0.3, -0.25) is 9.52 Å². The topological polar surface area (TPSA) is 107 Å². The van der Waals surface area contributed by atoms with E-state index in [4.69, 9.17) is 16.3 Å². The highest BCUT2D eigenvalue weighted by Gasteiger charge is 2.31. The zero-order chi connectivity index (χ0) is 23.6. The van der Waals surface area contributed by atoms with E-state index < -0.39 is 37.5 Å². The molecule has 7 nitrogen and oxygen atoms in total. The van der Waals surface area contributed by atoms with Gasteiger partial charge in [-0.1, -0.05) is 17.7 Å². The number of hydrogen-bond donors (Lipinski definition) is 1. The third kappa shape index (κ3) is 7.40. The first kappa shape index (κ1) is 25.0. The van der Waals surface area contributed by atoms with Crippen LogP contribution in [0.15, 0.2) is 41.3 Å². The van der Waals surface area contributed by atoms with Crippen molar-refractivity contribution in [2.75, 3.05) is 12.5 Å². The van der Waals surface area contributed by atoms with Crippen LogP contribution in [0.5, 0.6) is 11.5 Å². The second-order valence-corrected chi connectivity index (χ2v) is 10.8. The SMILES string of the molecule is CS(=O)(=O)NC(=O)CCc1ccc(C(F)(F)F)cc1Oc1ccc(S(C)(=O)=O)cc1Cl. The maximum absolute atomic E-state index is 13.1. The minimum absolute atomic E-state index is 0.102. The summed E-state index contributed by atoms with van der Waals surface area (Å²) in [6, 6.07) is 6.09. The quantitative estimate of drug-likeness (QED) is 0.624. The zero-order valence-corrected chi connectivity index (χ0v) is 18.5. The summed E-state index contributed by atoms with van der Waals surface area (Å²) in [5.74, 6) is -1.21. The zero-order valence-electron chi connectivity index (χ0n) is 16.2. The molecule has 0 radical (unpaired) electrons. The normalized spacial score (nSPS) is 12.5. The van der Waals surface area contributed by atoms with Crippen LogP contribution in [-0.4, -0.2) is 35.3 Å². The largest absolute Gasteiger partial charge is 0.456 e. The fourth-order valence-corrected chi connectivity index (χ4v) is 3.90. The molecule has 0 unspecified atom stereocenters. The number of alkyl halides is 3. The summed E-state index contributed by atoms with van der Waals surface area (Å²) >= 11 is 6.03. The van der Waals surface area contributed by atoms with E-state index in [0.717, 1.165) is 30.7 Å². The van der Waals surface area contributed by atoms with Crippen molar-refractivity contribution in [3.8, 4) is 11.5 Å². The van der Waals surface area contributed by atoms with Gasteiger partial charge in [-0.05, 0) is 42.3 Å². The predicted octanol–water partition coefficient (Wildman–Crippen LogP) is 3.56. The summed E-state index contributed by atoms with van der Waals surface area (Å²) < 4.78 is 92.1. The lowest BCUT2D eigenvalue weighted by Crippen LogP contribution is -2.29. The molecule has 1 N–H and O–H groups in total. The third-order valence-electron chi connectivity index (χ3n) is 3.87. The molecule has 0 atom stereocenters. The van der Waals surface area contributed by atoms with Crippen molar-refractivity contribution >= 4 is 37.4 Å². The van der Waals surface area contributed by atoms with E-state index in [1.54, 1.807) is 4.72 Å². The van der Waals surface area contributed by atoms with E-state index in [2.05, 4.69) is 0 Å². The number of benzene rings is 2. The summed E-state index contributed by atoms with van der Waals surface area (Å²) in [7, 11) is -7.35. The molecule has 2 aromatic rings. The van der Waals surface area contributed by atoms with Gasteiger partial charge in [-0.2, -0.15) is 13.2 Å². The lowest BCUT2D eigenvalue weighted by atomic mass is 10.1. The maximum atomic E-state index is 13.1. The molecule has 0 aromatic heterocycles. The Kier molecular flexibility index (Phi) is 7.28. The van der Waals surface area contributed by atoms with Gasteiger partial charge in [0.15, 0.2) is 9.84 Å². The minimum atomic E-state index is -4.67. The molecule has 0 aliphatic rings. The Balaban J connectivity index is 2.38. The van der Waals surface area contributed by atoms with Gasteiger partial charge in [0.25, 0.3) is 0 Å². The molecule has 0 spiro atoms. The van der Waals surface area contributed by atoms with E-state index in [-0.39, 0.29) is 39.8 Å². The van der Waals surface area contributed by atoms with Gasteiger partial charge in [0.05, 0.1) is 21.7 Å². The number of amides is 1. The van der Waals surface area contributed by atoms with Gasteiger partial charge in [-0.25, -0.2) is 16.8 Å². The Morgan fingerprint density at radius 1 is 1.03 bits per heavy atom. The molecule has 0 fully saturated rings. The molecule has 1 amide bonds. The molecule has 170 valence electrons. The molecule has 0 heterocycles. The Morgan fingerprint density at radius 3 is 2.19 bits per heavy atom. The first-order valence-corrected chi connectivity index (χ1v) is 12.6. The van der Waals surface area contributed by atoms with Gasteiger partial charge >= 0.3 is 6.18 Å². The van der Waals surface area contributed by atoms with Crippen LogP contribution in [-0.2, 0) is 37.3 Å². The standard InChI is InChI=1S/C18H17ClF3NO6S2/c1-30(25,26)13-6-7-15(14(19)10-13)29-16-9-12(18(20,21)22)5-3-11(16)4-8-17(24)23-31(2,27)28/h3,5-7,9-10H,4,8H2,1-2H3,(H,23,24). The average Bonchev–Trinajstić information content (AvgIpc) is 2.59. The van der Waals surface area contributed by atoms with Crippen LogP contribution in [0.4, 0.5) is 13.2 Å². The fraction of sp³-hybridized carbons (Fsp3) is 0.278. The van der Waals surface area contributed by atoms with E-state index >= 15 is 0 Å². The second-order valence-electron chi connectivity index (χ2n) is 6.58. The van der Waals surface area contributed by atoms with Crippen molar-refractivity contribution in [3.63, 3.8) is 0 Å². The van der Waals surface area contributed by atoms with Crippen LogP contribution >= 0.6 is 11.6 Å². The van der Waals surface area contributed by atoms with Crippen molar-refractivity contribution in [1.29, 1.82) is 0 Å². The number of halogens is 4. The molecule has 0 saturated heterocycles. The van der Waals surface area contributed by atoms with E-state index in [1.807, 2.05) is 0 Å². The van der Waals surface area contributed by atoms with Crippen LogP contribution in [0, 0.1) is 0 Å². The number of carbonyl (C=O) groups excluding carboxylic acids is 1. The van der Waals surface area contributed by atoms with Crippen LogP contribution in [0.1, 0.15) is 17.5 Å². The second kappa shape index (κ2) is 9.05. The highest BCUT2D eigenvalue weighted by Crippen LogP contribution is 2.37. The van der Waals surface area contributed by atoms with Gasteiger partial charge in [0, 0.05) is 12.7 Å². The molecule has 2 rings (SSSR count). The Morgan fingerprint density at radius 2 is 1.68 bits per heavy atom. The number of ether oxygens (including phenoxy) is 1. The summed E-state index contributed by atoms with van der Waals surface area (Å²) in [5.41, 5.74) is -0.837. The molecule has 2 aromatic carbocycles. The molecular weight excluding hydrogens is 483 g/mol. The lowest BCUT2D eigenvalue weighted by molar-refractivity contribution is -0.137. The van der Waals surface area contributed by atoms with Crippen molar-refractivity contribution in [3.05, 3.63) is 52.5 Å².